The maximum atomic E-state index is 12.2. The van der Waals surface area contributed by atoms with Crippen LogP contribution in [-0.2, 0) is 0 Å². The number of aromatic nitrogens is 2. The van der Waals surface area contributed by atoms with E-state index in [9.17, 15) is 14.4 Å². The van der Waals surface area contributed by atoms with Gasteiger partial charge < -0.3 is 4.98 Å². The van der Waals surface area contributed by atoms with E-state index in [4.69, 9.17) is 5.26 Å². The van der Waals surface area contributed by atoms with Crippen molar-refractivity contribution in [1.29, 1.82) is 5.26 Å². The predicted molar refractivity (Wildman–Crippen MR) is 75.1 cm³/mol. The lowest BCUT2D eigenvalue weighted by atomic mass is 10.2. The number of halogens is 1. The Labute approximate surface area is 121 Å². The van der Waals surface area contributed by atoms with Crippen molar-refractivity contribution in [3.63, 3.8) is 0 Å². The van der Waals surface area contributed by atoms with Crippen LogP contribution in [0.1, 0.15) is 22.8 Å². The number of H-pyrrole nitrogens is 1. The molecule has 0 saturated heterocycles. The molecule has 1 heterocycles. The molecule has 1 aromatic carbocycles. The number of carbonyl (C=O) groups excluding carboxylic acids is 1. The first-order valence-electron chi connectivity index (χ1n) is 5.51. The van der Waals surface area contributed by atoms with Crippen molar-refractivity contribution in [2.75, 3.05) is 0 Å². The van der Waals surface area contributed by atoms with Crippen LogP contribution in [0.25, 0.3) is 5.69 Å². The summed E-state index contributed by atoms with van der Waals surface area (Å²) in [4.78, 5) is 37.7. The van der Waals surface area contributed by atoms with Gasteiger partial charge in [-0.1, -0.05) is 0 Å². The minimum atomic E-state index is -0.702. The number of benzene rings is 1. The molecule has 100 valence electrons. The summed E-state index contributed by atoms with van der Waals surface area (Å²) >= 11 is 3.21. The fourth-order valence-corrected chi connectivity index (χ4v) is 2.26. The van der Waals surface area contributed by atoms with Gasteiger partial charge in [0.1, 0.15) is 0 Å². The van der Waals surface area contributed by atoms with Gasteiger partial charge in [-0.25, -0.2) is 9.36 Å². The van der Waals surface area contributed by atoms with Crippen LogP contribution in [0.4, 0.5) is 0 Å². The summed E-state index contributed by atoms with van der Waals surface area (Å²) < 4.78 is 1.26. The number of nitrogens with one attached hydrogen (secondary N) is 1. The predicted octanol–water partition coefficient (Wildman–Crippen LogP) is 1.36. The minimum absolute atomic E-state index is 0.110. The third-order valence-electron chi connectivity index (χ3n) is 2.67. The molecule has 0 spiro atoms. The van der Waals surface area contributed by atoms with Crippen molar-refractivity contribution in [3.05, 3.63) is 60.8 Å². The lowest BCUT2D eigenvalue weighted by Crippen LogP contribution is -2.36. The fourth-order valence-electron chi connectivity index (χ4n) is 1.70. The highest BCUT2D eigenvalue weighted by Gasteiger charge is 2.14. The summed E-state index contributed by atoms with van der Waals surface area (Å²) in [5, 5.41) is 8.80. The molecular formula is C13H8BrN3O3. The summed E-state index contributed by atoms with van der Waals surface area (Å²) in [5.74, 6) is -0.440. The molecule has 0 bridgehead atoms. The average molecular weight is 334 g/mol. The van der Waals surface area contributed by atoms with Crippen LogP contribution in [0.15, 0.2) is 38.5 Å². The Balaban J connectivity index is 2.80. The van der Waals surface area contributed by atoms with Crippen LogP contribution in [0.3, 0.4) is 0 Å². The van der Waals surface area contributed by atoms with Gasteiger partial charge in [0.15, 0.2) is 5.78 Å². The second kappa shape index (κ2) is 5.27. The zero-order valence-electron chi connectivity index (χ0n) is 10.3. The number of hydrogen-bond donors (Lipinski definition) is 1. The zero-order valence-corrected chi connectivity index (χ0v) is 11.9. The molecule has 0 fully saturated rings. The van der Waals surface area contributed by atoms with Crippen molar-refractivity contribution in [3.8, 4) is 11.8 Å². The topological polar surface area (TPSA) is 95.7 Å². The molecule has 0 radical (unpaired) electrons. The summed E-state index contributed by atoms with van der Waals surface area (Å²) in [6.45, 7) is 1.24. The molecule has 2 rings (SSSR count). The number of nitriles is 1. The highest BCUT2D eigenvalue weighted by Crippen LogP contribution is 2.20. The maximum Gasteiger partial charge on any atom is 0.333 e. The SMILES string of the molecule is CC(=O)c1c[nH]c(=O)n(-c2ccc(C#N)cc2Br)c1=O. The molecule has 0 atom stereocenters. The maximum absolute atomic E-state index is 12.2. The Morgan fingerprint density at radius 3 is 2.65 bits per heavy atom. The van der Waals surface area contributed by atoms with Crippen LogP contribution < -0.4 is 11.2 Å². The van der Waals surface area contributed by atoms with Crippen LogP contribution in [-0.4, -0.2) is 15.3 Å². The van der Waals surface area contributed by atoms with Gasteiger partial charge in [0.2, 0.25) is 0 Å². The summed E-state index contributed by atoms with van der Waals surface area (Å²) in [6.07, 6.45) is 1.10. The third kappa shape index (κ3) is 2.33. The Morgan fingerprint density at radius 2 is 2.10 bits per heavy atom. The first kappa shape index (κ1) is 14.0. The molecule has 1 N–H and O–H groups in total. The normalized spacial score (nSPS) is 10.1. The molecule has 2 aromatic rings. The van der Waals surface area contributed by atoms with E-state index in [0.29, 0.717) is 10.0 Å². The first-order chi connectivity index (χ1) is 9.45. The molecule has 0 aliphatic rings. The van der Waals surface area contributed by atoms with Gasteiger partial charge >= 0.3 is 5.69 Å². The van der Waals surface area contributed by atoms with Crippen molar-refractivity contribution in [2.24, 2.45) is 0 Å². The molecule has 0 saturated carbocycles. The molecule has 20 heavy (non-hydrogen) atoms. The second-order valence-electron chi connectivity index (χ2n) is 3.98. The average Bonchev–Trinajstić information content (AvgIpc) is 2.40. The fraction of sp³-hybridized carbons (Fsp3) is 0.0769. The summed E-state index contributed by atoms with van der Waals surface area (Å²) in [5.41, 5.74) is -0.830. The molecule has 6 nitrogen and oxygen atoms in total. The van der Waals surface area contributed by atoms with Crippen molar-refractivity contribution in [2.45, 2.75) is 6.92 Å². The second-order valence-corrected chi connectivity index (χ2v) is 4.84. The number of carbonyl (C=O) groups is 1. The Bertz CT molecular complexity index is 858. The van der Waals surface area contributed by atoms with Gasteiger partial charge in [0.05, 0.1) is 22.9 Å². The van der Waals surface area contributed by atoms with Crippen molar-refractivity contribution >= 4 is 21.7 Å². The number of nitrogens with zero attached hydrogens (tertiary/aromatic N) is 2. The van der Waals surface area contributed by atoms with Crippen LogP contribution in [0.2, 0.25) is 0 Å². The molecule has 1 aromatic heterocycles. The van der Waals surface area contributed by atoms with E-state index in [2.05, 4.69) is 20.9 Å². The number of Topliss-reactive ketones (excluding diaryl/α,β-unsaturated/α-hetero) is 1. The molecule has 0 aliphatic heterocycles. The Morgan fingerprint density at radius 1 is 1.40 bits per heavy atom. The van der Waals surface area contributed by atoms with Crippen LogP contribution in [0, 0.1) is 11.3 Å². The minimum Gasteiger partial charge on any atom is -0.313 e. The molecular weight excluding hydrogens is 326 g/mol. The number of hydrogen-bond acceptors (Lipinski definition) is 4. The quantitative estimate of drug-likeness (QED) is 0.839. The highest BCUT2D eigenvalue weighted by atomic mass is 79.9. The van der Waals surface area contributed by atoms with E-state index >= 15 is 0 Å². The number of aromatic amines is 1. The van der Waals surface area contributed by atoms with Crippen molar-refractivity contribution in [1.82, 2.24) is 9.55 Å². The van der Waals surface area contributed by atoms with E-state index < -0.39 is 17.0 Å². The molecule has 7 heteroatoms. The highest BCUT2D eigenvalue weighted by molar-refractivity contribution is 9.10. The number of rotatable bonds is 2. The van der Waals surface area contributed by atoms with E-state index in [0.717, 1.165) is 10.8 Å². The lowest BCUT2D eigenvalue weighted by molar-refractivity contribution is 0.101. The molecule has 0 unspecified atom stereocenters. The van der Waals surface area contributed by atoms with E-state index in [1.165, 1.54) is 25.1 Å². The standard InChI is InChI=1S/C13H8BrN3O3/c1-7(18)9-6-16-13(20)17(12(9)19)11-3-2-8(5-15)4-10(11)14/h2-4,6H,1H3,(H,16,20). The summed E-state index contributed by atoms with van der Waals surface area (Å²) in [7, 11) is 0. The van der Waals surface area contributed by atoms with Crippen LogP contribution in [0.5, 0.6) is 0 Å². The van der Waals surface area contributed by atoms with E-state index in [1.807, 2.05) is 6.07 Å². The van der Waals surface area contributed by atoms with Gasteiger partial charge in [-0.3, -0.25) is 9.59 Å². The zero-order chi connectivity index (χ0) is 14.9. The smallest absolute Gasteiger partial charge is 0.313 e. The Kier molecular flexibility index (Phi) is 3.68. The number of ketones is 1. The monoisotopic (exact) mass is 333 g/mol. The Hall–Kier alpha value is -2.46. The van der Waals surface area contributed by atoms with Crippen molar-refractivity contribution < 1.29 is 4.79 Å². The van der Waals surface area contributed by atoms with Gasteiger partial charge in [-0.2, -0.15) is 5.26 Å². The van der Waals surface area contributed by atoms with E-state index in [-0.39, 0.29) is 11.3 Å². The molecule has 0 amide bonds. The molecule has 0 aliphatic carbocycles. The lowest BCUT2D eigenvalue weighted by Gasteiger charge is -2.08. The third-order valence-corrected chi connectivity index (χ3v) is 3.31. The first-order valence-corrected chi connectivity index (χ1v) is 6.30. The summed E-state index contributed by atoms with van der Waals surface area (Å²) in [6, 6.07) is 6.38. The van der Waals surface area contributed by atoms with Gasteiger partial charge in [0, 0.05) is 10.7 Å². The van der Waals surface area contributed by atoms with Gasteiger partial charge in [0.25, 0.3) is 5.56 Å². The van der Waals surface area contributed by atoms with Gasteiger partial charge in [-0.05, 0) is 41.1 Å². The van der Waals surface area contributed by atoms with E-state index in [1.54, 1.807) is 0 Å². The van der Waals surface area contributed by atoms with Gasteiger partial charge in [-0.15, -0.1) is 0 Å². The van der Waals surface area contributed by atoms with Crippen LogP contribution >= 0.6 is 15.9 Å². The largest absolute Gasteiger partial charge is 0.333 e.